The molecule has 1 heterocycles. The molecule has 0 aromatic heterocycles. The van der Waals surface area contributed by atoms with Gasteiger partial charge in [-0.15, -0.1) is 0 Å². The van der Waals surface area contributed by atoms with Crippen LogP contribution in [0.15, 0.2) is 35.5 Å². The van der Waals surface area contributed by atoms with Gasteiger partial charge in [0, 0.05) is 28.8 Å². The Labute approximate surface area is 155 Å². The lowest BCUT2D eigenvalue weighted by molar-refractivity contribution is -0.385. The van der Waals surface area contributed by atoms with Crippen molar-refractivity contribution in [2.24, 2.45) is 5.16 Å². The third kappa shape index (κ3) is 4.26. The summed E-state index contributed by atoms with van der Waals surface area (Å²) >= 11 is 0. The van der Waals surface area contributed by atoms with Crippen molar-refractivity contribution in [1.29, 1.82) is 0 Å². The first-order chi connectivity index (χ1) is 13.1. The molecule has 9 heteroatoms. The number of methoxy groups -OCH3 is 2. The Balaban J connectivity index is 1.76. The first-order valence-electron chi connectivity index (χ1n) is 8.00. The van der Waals surface area contributed by atoms with Crippen LogP contribution in [0.3, 0.4) is 0 Å². The molecule has 3 rings (SSSR count). The maximum atomic E-state index is 11.1. The maximum absolute atomic E-state index is 11.1. The lowest BCUT2D eigenvalue weighted by atomic mass is 10.1. The van der Waals surface area contributed by atoms with Crippen molar-refractivity contribution in [2.45, 2.75) is 13.2 Å². The fraction of sp³-hybridized carbons (Fsp3) is 0.278. The summed E-state index contributed by atoms with van der Waals surface area (Å²) < 4.78 is 21.1. The lowest BCUT2D eigenvalue weighted by Gasteiger charge is -2.20. The van der Waals surface area contributed by atoms with Crippen molar-refractivity contribution in [3.05, 3.63) is 57.1 Å². The Hall–Kier alpha value is -3.33. The van der Waals surface area contributed by atoms with E-state index in [1.54, 1.807) is 32.4 Å². The first-order valence-corrected chi connectivity index (χ1v) is 8.00. The van der Waals surface area contributed by atoms with Crippen LogP contribution in [-0.4, -0.2) is 32.2 Å². The van der Waals surface area contributed by atoms with Crippen LogP contribution in [0.2, 0.25) is 0 Å². The smallest absolute Gasteiger partial charge is 0.270 e. The molecule has 27 heavy (non-hydrogen) atoms. The van der Waals surface area contributed by atoms with E-state index in [2.05, 4.69) is 5.16 Å². The largest absolute Gasteiger partial charge is 0.497 e. The number of fused-ring (bicyclic) bond motifs is 1. The van der Waals surface area contributed by atoms with Gasteiger partial charge in [0.15, 0.2) is 6.79 Å². The van der Waals surface area contributed by atoms with E-state index in [0.29, 0.717) is 33.9 Å². The lowest BCUT2D eigenvalue weighted by Crippen LogP contribution is -2.14. The molecule has 0 radical (unpaired) electrons. The average molecular weight is 374 g/mol. The highest BCUT2D eigenvalue weighted by atomic mass is 16.7. The van der Waals surface area contributed by atoms with Crippen LogP contribution in [0.4, 0.5) is 5.69 Å². The van der Waals surface area contributed by atoms with Crippen molar-refractivity contribution in [1.82, 2.24) is 0 Å². The molecule has 0 atom stereocenters. The molecule has 0 fully saturated rings. The van der Waals surface area contributed by atoms with Crippen molar-refractivity contribution in [2.75, 3.05) is 21.0 Å². The molecular weight excluding hydrogens is 356 g/mol. The van der Waals surface area contributed by atoms with E-state index in [1.165, 1.54) is 18.3 Å². The average Bonchev–Trinajstić information content (AvgIpc) is 2.70. The van der Waals surface area contributed by atoms with Crippen LogP contribution >= 0.6 is 0 Å². The number of nitro benzene ring substituents is 1. The number of benzene rings is 2. The molecular formula is C18H18N2O7. The highest BCUT2D eigenvalue weighted by molar-refractivity contribution is 5.83. The molecule has 0 amide bonds. The van der Waals surface area contributed by atoms with E-state index in [0.717, 1.165) is 0 Å². The molecule has 1 aliphatic rings. The van der Waals surface area contributed by atoms with E-state index in [9.17, 15) is 10.1 Å². The van der Waals surface area contributed by atoms with E-state index < -0.39 is 4.92 Å². The molecule has 0 N–H and O–H groups in total. The van der Waals surface area contributed by atoms with Crippen LogP contribution in [0, 0.1) is 10.1 Å². The molecule has 0 aliphatic carbocycles. The van der Waals surface area contributed by atoms with Gasteiger partial charge in [0.05, 0.1) is 32.0 Å². The van der Waals surface area contributed by atoms with E-state index >= 15 is 0 Å². The van der Waals surface area contributed by atoms with Crippen molar-refractivity contribution >= 4 is 11.9 Å². The molecule has 0 unspecified atom stereocenters. The van der Waals surface area contributed by atoms with Gasteiger partial charge in [-0.2, -0.15) is 0 Å². The van der Waals surface area contributed by atoms with Crippen LogP contribution in [0.25, 0.3) is 0 Å². The molecule has 2 aromatic carbocycles. The Morgan fingerprint density at radius 3 is 2.85 bits per heavy atom. The number of non-ortho nitro benzene ring substituents is 1. The second-order valence-electron chi connectivity index (χ2n) is 5.58. The minimum Gasteiger partial charge on any atom is -0.497 e. The summed E-state index contributed by atoms with van der Waals surface area (Å²) in [5.74, 6) is 1.79. The molecule has 0 bridgehead atoms. The zero-order chi connectivity index (χ0) is 19.2. The van der Waals surface area contributed by atoms with Gasteiger partial charge in [-0.1, -0.05) is 5.16 Å². The van der Waals surface area contributed by atoms with Crippen LogP contribution in [-0.2, 0) is 22.8 Å². The number of rotatable bonds is 7. The third-order valence-corrected chi connectivity index (χ3v) is 3.91. The minimum atomic E-state index is -0.469. The SMILES string of the molecule is COc1ccc(OC)c(/C=N/OCc2cc([N+](=O)[O-])cc3c2OCOC3)c1. The summed E-state index contributed by atoms with van der Waals surface area (Å²) in [5, 5.41) is 15.0. The second kappa shape index (κ2) is 8.37. The van der Waals surface area contributed by atoms with Gasteiger partial charge in [-0.05, 0) is 18.2 Å². The first kappa shape index (κ1) is 18.5. The quantitative estimate of drug-likeness (QED) is 0.417. The van der Waals surface area contributed by atoms with Crippen LogP contribution in [0.1, 0.15) is 16.7 Å². The van der Waals surface area contributed by atoms with Gasteiger partial charge in [0.2, 0.25) is 0 Å². The summed E-state index contributed by atoms with van der Waals surface area (Å²) in [4.78, 5) is 16.0. The summed E-state index contributed by atoms with van der Waals surface area (Å²) in [6.07, 6.45) is 1.48. The van der Waals surface area contributed by atoms with Gasteiger partial charge in [0.25, 0.3) is 5.69 Å². The fourth-order valence-electron chi connectivity index (χ4n) is 2.63. The van der Waals surface area contributed by atoms with Crippen LogP contribution < -0.4 is 14.2 Å². The predicted octanol–water partition coefficient (Wildman–Crippen LogP) is 3.03. The molecule has 0 spiro atoms. The monoisotopic (exact) mass is 374 g/mol. The Kier molecular flexibility index (Phi) is 5.72. The number of hydrogen-bond donors (Lipinski definition) is 0. The van der Waals surface area contributed by atoms with Gasteiger partial charge < -0.3 is 23.8 Å². The minimum absolute atomic E-state index is 0.00674. The van der Waals surface area contributed by atoms with Gasteiger partial charge in [-0.3, -0.25) is 10.1 Å². The highest BCUT2D eigenvalue weighted by Crippen LogP contribution is 2.33. The number of oxime groups is 1. The molecule has 142 valence electrons. The summed E-state index contributed by atoms with van der Waals surface area (Å²) in [6, 6.07) is 8.12. The summed E-state index contributed by atoms with van der Waals surface area (Å²) in [6.45, 7) is 0.336. The zero-order valence-electron chi connectivity index (χ0n) is 14.8. The number of hydrogen-bond acceptors (Lipinski definition) is 8. The van der Waals surface area contributed by atoms with Crippen molar-refractivity contribution in [3.63, 3.8) is 0 Å². The molecule has 2 aromatic rings. The normalized spacial score (nSPS) is 13.0. The maximum Gasteiger partial charge on any atom is 0.270 e. The molecule has 9 nitrogen and oxygen atoms in total. The molecule has 0 saturated carbocycles. The van der Waals surface area contributed by atoms with Gasteiger partial charge in [0.1, 0.15) is 23.9 Å². The summed E-state index contributed by atoms with van der Waals surface area (Å²) in [7, 11) is 3.11. The molecule has 0 saturated heterocycles. The van der Waals surface area contributed by atoms with Crippen molar-refractivity contribution < 1.29 is 28.7 Å². The van der Waals surface area contributed by atoms with E-state index in [4.69, 9.17) is 23.8 Å². The third-order valence-electron chi connectivity index (χ3n) is 3.91. The summed E-state index contributed by atoms with van der Waals surface area (Å²) in [5.41, 5.74) is 1.74. The fourth-order valence-corrected chi connectivity index (χ4v) is 2.63. The number of nitrogens with zero attached hydrogens (tertiary/aromatic N) is 2. The van der Waals surface area contributed by atoms with Crippen molar-refractivity contribution in [3.8, 4) is 17.2 Å². The van der Waals surface area contributed by atoms with Crippen LogP contribution in [0.5, 0.6) is 17.2 Å². The van der Waals surface area contributed by atoms with Gasteiger partial charge >= 0.3 is 0 Å². The Bertz CT molecular complexity index is 867. The number of nitro groups is 1. The standard InChI is InChI=1S/C18H18N2O7/c1-23-16-3-4-17(24-2)12(7-16)8-19-27-10-14-6-15(20(21)22)5-13-9-25-11-26-18(13)14/h3-8H,9-11H2,1-2H3/b19-8+. The van der Waals surface area contributed by atoms with E-state index in [-0.39, 0.29) is 25.7 Å². The molecule has 1 aliphatic heterocycles. The topological polar surface area (TPSA) is 102 Å². The number of ether oxygens (including phenoxy) is 4. The second-order valence-corrected chi connectivity index (χ2v) is 5.58. The zero-order valence-corrected chi connectivity index (χ0v) is 14.8. The Morgan fingerprint density at radius 2 is 2.11 bits per heavy atom. The van der Waals surface area contributed by atoms with E-state index in [1.807, 2.05) is 0 Å². The van der Waals surface area contributed by atoms with Gasteiger partial charge in [-0.25, -0.2) is 0 Å². The predicted molar refractivity (Wildman–Crippen MR) is 95.3 cm³/mol. The highest BCUT2D eigenvalue weighted by Gasteiger charge is 2.21. The Morgan fingerprint density at radius 1 is 1.26 bits per heavy atom.